The molecule has 0 aromatic rings. The molecule has 0 aliphatic heterocycles. The van der Waals surface area contributed by atoms with E-state index >= 15 is 0 Å². The summed E-state index contributed by atoms with van der Waals surface area (Å²) in [5, 5.41) is 8.06. The minimum Gasteiger partial charge on any atom is -0.197 e. The van der Waals surface area contributed by atoms with E-state index in [9.17, 15) is 0 Å². The fourth-order valence-corrected chi connectivity index (χ4v) is 1.67. The van der Waals surface area contributed by atoms with Crippen molar-refractivity contribution in [2.45, 2.75) is 71.3 Å². The maximum atomic E-state index is 4.20. The summed E-state index contributed by atoms with van der Waals surface area (Å²) in [7, 11) is 1.77. The summed E-state index contributed by atoms with van der Waals surface area (Å²) < 4.78 is 0. The van der Waals surface area contributed by atoms with Crippen molar-refractivity contribution < 1.29 is 0 Å². The predicted octanol–water partition coefficient (Wildman–Crippen LogP) is 4.60. The molecule has 0 aliphatic rings. The van der Waals surface area contributed by atoms with Crippen LogP contribution in [-0.2, 0) is 0 Å². The Morgan fingerprint density at radius 2 is 1.57 bits per heavy atom. The van der Waals surface area contributed by atoms with Gasteiger partial charge in [0, 0.05) is 7.05 Å². The number of rotatable bonds is 9. The molecule has 0 rings (SSSR count). The van der Waals surface area contributed by atoms with Crippen LogP contribution >= 0.6 is 0 Å². The van der Waals surface area contributed by atoms with Crippen molar-refractivity contribution in [2.75, 3.05) is 7.05 Å². The molecule has 0 saturated heterocycles. The molecule has 2 nitrogen and oxygen atoms in total. The minimum atomic E-state index is 0.478. The number of azo groups is 1. The Labute approximate surface area is 89.2 Å². The maximum absolute atomic E-state index is 4.20. The standard InChI is InChI=1S/C12H26N2/c1-4-6-7-8-9-10-11-12(5-2)14-13-3/h12H,4-11H2,1-3H3. The first-order valence-electron chi connectivity index (χ1n) is 6.14. The molecule has 2 heteroatoms. The molecule has 0 amide bonds. The van der Waals surface area contributed by atoms with Gasteiger partial charge in [0.15, 0.2) is 0 Å². The van der Waals surface area contributed by atoms with Crippen molar-refractivity contribution in [1.82, 2.24) is 0 Å². The van der Waals surface area contributed by atoms with Crippen molar-refractivity contribution in [2.24, 2.45) is 10.2 Å². The van der Waals surface area contributed by atoms with Gasteiger partial charge in [0.2, 0.25) is 0 Å². The molecule has 1 unspecified atom stereocenters. The topological polar surface area (TPSA) is 24.7 Å². The molecular weight excluding hydrogens is 172 g/mol. The first-order valence-corrected chi connectivity index (χ1v) is 6.14. The van der Waals surface area contributed by atoms with Gasteiger partial charge < -0.3 is 0 Å². The van der Waals surface area contributed by atoms with Crippen LogP contribution in [0.3, 0.4) is 0 Å². The van der Waals surface area contributed by atoms with Gasteiger partial charge in [0.05, 0.1) is 6.04 Å². The van der Waals surface area contributed by atoms with Crippen LogP contribution in [0.1, 0.15) is 65.2 Å². The van der Waals surface area contributed by atoms with Crippen molar-refractivity contribution in [3.8, 4) is 0 Å². The van der Waals surface area contributed by atoms with E-state index < -0.39 is 0 Å². The Bertz CT molecular complexity index is 132. The van der Waals surface area contributed by atoms with Gasteiger partial charge >= 0.3 is 0 Å². The summed E-state index contributed by atoms with van der Waals surface area (Å²) in [6, 6.07) is 0.478. The van der Waals surface area contributed by atoms with E-state index in [4.69, 9.17) is 0 Å². The van der Waals surface area contributed by atoms with E-state index in [1.807, 2.05) is 0 Å². The van der Waals surface area contributed by atoms with E-state index in [0.717, 1.165) is 6.42 Å². The second kappa shape index (κ2) is 10.7. The fraction of sp³-hybridized carbons (Fsp3) is 1.00. The monoisotopic (exact) mass is 198 g/mol. The third-order valence-corrected chi connectivity index (χ3v) is 2.64. The van der Waals surface area contributed by atoms with Crippen molar-refractivity contribution >= 4 is 0 Å². The van der Waals surface area contributed by atoms with Gasteiger partial charge in [-0.2, -0.15) is 10.2 Å². The second-order valence-electron chi connectivity index (χ2n) is 3.93. The number of nitrogens with zero attached hydrogens (tertiary/aromatic N) is 2. The van der Waals surface area contributed by atoms with Crippen LogP contribution in [0, 0.1) is 0 Å². The number of hydrogen-bond donors (Lipinski definition) is 0. The Kier molecular flexibility index (Phi) is 10.4. The summed E-state index contributed by atoms with van der Waals surface area (Å²) in [6.07, 6.45) is 10.6. The van der Waals surface area contributed by atoms with Gasteiger partial charge in [-0.25, -0.2) is 0 Å². The highest BCUT2D eigenvalue weighted by molar-refractivity contribution is 4.61. The average Bonchev–Trinajstić information content (AvgIpc) is 2.21. The lowest BCUT2D eigenvalue weighted by Crippen LogP contribution is -2.01. The predicted molar refractivity (Wildman–Crippen MR) is 62.9 cm³/mol. The summed E-state index contributed by atoms with van der Waals surface area (Å²) >= 11 is 0. The van der Waals surface area contributed by atoms with Crippen molar-refractivity contribution in [3.63, 3.8) is 0 Å². The van der Waals surface area contributed by atoms with E-state index in [1.54, 1.807) is 7.05 Å². The zero-order valence-corrected chi connectivity index (χ0v) is 10.1. The number of unbranched alkanes of at least 4 members (excludes halogenated alkanes) is 5. The fourth-order valence-electron chi connectivity index (χ4n) is 1.67. The van der Waals surface area contributed by atoms with Gasteiger partial charge in [-0.3, -0.25) is 0 Å². The SMILES string of the molecule is CCCCCCCCC(CC)N=NC. The lowest BCUT2D eigenvalue weighted by molar-refractivity contribution is 0.513. The second-order valence-corrected chi connectivity index (χ2v) is 3.93. The van der Waals surface area contributed by atoms with E-state index in [2.05, 4.69) is 24.1 Å². The lowest BCUT2D eigenvalue weighted by atomic mass is 10.0. The van der Waals surface area contributed by atoms with Crippen LogP contribution in [-0.4, -0.2) is 13.1 Å². The van der Waals surface area contributed by atoms with Crippen LogP contribution in [0.4, 0.5) is 0 Å². The van der Waals surface area contributed by atoms with Gasteiger partial charge in [-0.15, -0.1) is 0 Å². The summed E-state index contributed by atoms with van der Waals surface area (Å²) in [6.45, 7) is 4.45. The van der Waals surface area contributed by atoms with Gasteiger partial charge in [-0.1, -0.05) is 52.4 Å². The molecule has 0 fully saturated rings. The normalized spacial score (nSPS) is 13.6. The smallest absolute Gasteiger partial charge is 0.0705 e. The maximum Gasteiger partial charge on any atom is 0.0705 e. The van der Waals surface area contributed by atoms with Gasteiger partial charge in [-0.05, 0) is 12.8 Å². The first-order chi connectivity index (χ1) is 6.85. The Balaban J connectivity index is 3.24. The highest BCUT2D eigenvalue weighted by atomic mass is 15.1. The van der Waals surface area contributed by atoms with E-state index in [-0.39, 0.29) is 0 Å². The molecule has 84 valence electrons. The van der Waals surface area contributed by atoms with Gasteiger partial charge in [0.25, 0.3) is 0 Å². The third-order valence-electron chi connectivity index (χ3n) is 2.64. The van der Waals surface area contributed by atoms with E-state index in [1.165, 1.54) is 44.9 Å². The lowest BCUT2D eigenvalue weighted by Gasteiger charge is -2.07. The molecule has 0 spiro atoms. The zero-order chi connectivity index (χ0) is 10.6. The molecule has 0 heterocycles. The average molecular weight is 198 g/mol. The highest BCUT2D eigenvalue weighted by Gasteiger charge is 2.02. The Morgan fingerprint density at radius 3 is 2.14 bits per heavy atom. The summed E-state index contributed by atoms with van der Waals surface area (Å²) in [4.78, 5) is 0. The highest BCUT2D eigenvalue weighted by Crippen LogP contribution is 2.12. The van der Waals surface area contributed by atoms with Gasteiger partial charge in [0.1, 0.15) is 0 Å². The van der Waals surface area contributed by atoms with Crippen LogP contribution < -0.4 is 0 Å². The molecule has 1 atom stereocenters. The van der Waals surface area contributed by atoms with Crippen molar-refractivity contribution in [1.29, 1.82) is 0 Å². The Morgan fingerprint density at radius 1 is 0.929 bits per heavy atom. The van der Waals surface area contributed by atoms with Crippen LogP contribution in [0.2, 0.25) is 0 Å². The molecule has 0 aliphatic carbocycles. The Hall–Kier alpha value is -0.400. The molecule has 0 saturated carbocycles. The molecular formula is C12H26N2. The summed E-state index contributed by atoms with van der Waals surface area (Å²) in [5.41, 5.74) is 0. The van der Waals surface area contributed by atoms with Crippen LogP contribution in [0.5, 0.6) is 0 Å². The summed E-state index contributed by atoms with van der Waals surface area (Å²) in [5.74, 6) is 0. The zero-order valence-electron chi connectivity index (χ0n) is 10.1. The number of hydrogen-bond acceptors (Lipinski definition) is 2. The van der Waals surface area contributed by atoms with Crippen LogP contribution in [0.25, 0.3) is 0 Å². The molecule has 0 aromatic heterocycles. The molecule has 0 radical (unpaired) electrons. The van der Waals surface area contributed by atoms with Crippen LogP contribution in [0.15, 0.2) is 10.2 Å². The van der Waals surface area contributed by atoms with Crippen molar-refractivity contribution in [3.05, 3.63) is 0 Å². The van der Waals surface area contributed by atoms with E-state index in [0.29, 0.717) is 6.04 Å². The molecule has 0 N–H and O–H groups in total. The third kappa shape index (κ3) is 8.21. The molecule has 14 heavy (non-hydrogen) atoms. The molecule has 0 bridgehead atoms. The molecule has 0 aromatic carbocycles. The minimum absolute atomic E-state index is 0.478. The first kappa shape index (κ1) is 13.6. The quantitative estimate of drug-likeness (QED) is 0.382. The largest absolute Gasteiger partial charge is 0.197 e.